The third kappa shape index (κ3) is 3.92. The van der Waals surface area contributed by atoms with E-state index in [1.807, 2.05) is 55.3 Å². The Morgan fingerprint density at radius 3 is 2.19 bits per heavy atom. The summed E-state index contributed by atoms with van der Waals surface area (Å²) < 4.78 is 15.5. The monoisotopic (exact) mass is 509 g/mol. The van der Waals surface area contributed by atoms with Gasteiger partial charge in [-0.2, -0.15) is 0 Å². The molecule has 0 unspecified atom stereocenters. The SMILES string of the molecule is COc1nc2ccc(C(O)(c3cnc(C)n3C)c3cnc(C)n3C)cc2c(Cl)c1OCC1CCCC1. The molecular weight excluding hydrogens is 478 g/mol. The number of aryl methyl sites for hydroxylation is 2. The van der Waals surface area contributed by atoms with E-state index in [2.05, 4.69) is 15.0 Å². The van der Waals surface area contributed by atoms with Crippen LogP contribution in [0.15, 0.2) is 30.6 Å². The lowest BCUT2D eigenvalue weighted by atomic mass is 9.86. The number of ether oxygens (including phenoxy) is 2. The molecule has 1 N–H and O–H groups in total. The van der Waals surface area contributed by atoms with E-state index in [4.69, 9.17) is 21.1 Å². The van der Waals surface area contributed by atoms with E-state index in [0.717, 1.165) is 24.5 Å². The molecule has 0 bridgehead atoms. The number of aliphatic hydroxyl groups is 1. The minimum atomic E-state index is -1.53. The molecule has 36 heavy (non-hydrogen) atoms. The number of methoxy groups -OCH3 is 1. The minimum absolute atomic E-state index is 0.359. The Hall–Kier alpha value is -3.10. The van der Waals surface area contributed by atoms with Gasteiger partial charge in [0.25, 0.3) is 5.88 Å². The Kier molecular flexibility index (Phi) is 6.43. The van der Waals surface area contributed by atoms with E-state index in [1.54, 1.807) is 19.5 Å². The van der Waals surface area contributed by atoms with Gasteiger partial charge in [-0.25, -0.2) is 15.0 Å². The maximum absolute atomic E-state index is 12.4. The molecule has 3 aromatic heterocycles. The van der Waals surface area contributed by atoms with Crippen LogP contribution in [0.25, 0.3) is 10.9 Å². The number of aromatic nitrogens is 5. The van der Waals surface area contributed by atoms with Crippen molar-refractivity contribution in [2.75, 3.05) is 13.7 Å². The van der Waals surface area contributed by atoms with Crippen molar-refractivity contribution in [2.24, 2.45) is 20.0 Å². The maximum Gasteiger partial charge on any atom is 0.258 e. The van der Waals surface area contributed by atoms with Gasteiger partial charge in [-0.15, -0.1) is 0 Å². The first-order chi connectivity index (χ1) is 17.3. The predicted molar refractivity (Wildman–Crippen MR) is 139 cm³/mol. The zero-order valence-corrected chi connectivity index (χ0v) is 22.1. The van der Waals surface area contributed by atoms with Crippen molar-refractivity contribution in [1.29, 1.82) is 0 Å². The second-order valence-corrected chi connectivity index (χ2v) is 10.0. The summed E-state index contributed by atoms with van der Waals surface area (Å²) in [6.45, 7) is 4.38. The normalized spacial score (nSPS) is 14.6. The Morgan fingerprint density at radius 2 is 1.67 bits per heavy atom. The fraction of sp³-hybridized carbons (Fsp3) is 0.444. The minimum Gasteiger partial charge on any atom is -0.486 e. The molecule has 9 heteroatoms. The molecule has 1 saturated carbocycles. The van der Waals surface area contributed by atoms with Crippen molar-refractivity contribution < 1.29 is 14.6 Å². The van der Waals surface area contributed by atoms with Gasteiger partial charge < -0.3 is 23.7 Å². The van der Waals surface area contributed by atoms with E-state index in [1.165, 1.54) is 12.8 Å². The number of fused-ring (bicyclic) bond motifs is 1. The Balaban J connectivity index is 1.68. The summed E-state index contributed by atoms with van der Waals surface area (Å²) in [6.07, 6.45) is 8.19. The standard InChI is InChI=1S/C27H32ClN5O3/c1-16-29-13-22(32(16)3)27(34,23-14-30-17(2)33(23)4)19-10-11-21-20(12-19)24(28)25(26(31-21)35-5)36-15-18-8-6-7-9-18/h10-14,18,34H,6-9,15H2,1-5H3. The number of pyridine rings is 1. The highest BCUT2D eigenvalue weighted by molar-refractivity contribution is 6.37. The summed E-state index contributed by atoms with van der Waals surface area (Å²) in [4.78, 5) is 13.6. The summed E-state index contributed by atoms with van der Waals surface area (Å²) in [7, 11) is 5.35. The zero-order valence-electron chi connectivity index (χ0n) is 21.4. The number of halogens is 1. The molecule has 8 nitrogen and oxygen atoms in total. The Morgan fingerprint density at radius 1 is 1.06 bits per heavy atom. The number of nitrogens with zero attached hydrogens (tertiary/aromatic N) is 5. The Bertz CT molecular complexity index is 1370. The molecule has 0 atom stereocenters. The second kappa shape index (κ2) is 9.41. The quantitative estimate of drug-likeness (QED) is 0.384. The number of benzene rings is 1. The first-order valence-electron chi connectivity index (χ1n) is 12.3. The Labute approximate surface area is 215 Å². The fourth-order valence-corrected chi connectivity index (χ4v) is 5.44. The number of hydrogen-bond acceptors (Lipinski definition) is 6. The van der Waals surface area contributed by atoms with Gasteiger partial charge in [-0.1, -0.05) is 30.5 Å². The highest BCUT2D eigenvalue weighted by Gasteiger charge is 2.40. The van der Waals surface area contributed by atoms with Crippen molar-refractivity contribution >= 4 is 22.5 Å². The van der Waals surface area contributed by atoms with E-state index >= 15 is 0 Å². The molecule has 0 spiro atoms. The molecule has 3 heterocycles. The average molecular weight is 510 g/mol. The van der Waals surface area contributed by atoms with Gasteiger partial charge in [0.15, 0.2) is 5.60 Å². The van der Waals surface area contributed by atoms with Crippen LogP contribution in [0.2, 0.25) is 5.02 Å². The van der Waals surface area contributed by atoms with Gasteiger partial charge in [-0.05, 0) is 50.3 Å². The van der Waals surface area contributed by atoms with Crippen LogP contribution < -0.4 is 9.47 Å². The summed E-state index contributed by atoms with van der Waals surface area (Å²) in [6, 6.07) is 5.57. The first kappa shape index (κ1) is 24.6. The highest BCUT2D eigenvalue weighted by Crippen LogP contribution is 2.43. The van der Waals surface area contributed by atoms with Crippen molar-refractivity contribution in [3.63, 3.8) is 0 Å². The second-order valence-electron chi connectivity index (χ2n) is 9.67. The van der Waals surface area contributed by atoms with Crippen molar-refractivity contribution in [1.82, 2.24) is 24.1 Å². The molecule has 1 aromatic carbocycles. The molecular formula is C27H32ClN5O3. The topological polar surface area (TPSA) is 87.2 Å². The van der Waals surface area contributed by atoms with Crippen LogP contribution in [-0.2, 0) is 19.7 Å². The molecule has 4 aromatic rings. The van der Waals surface area contributed by atoms with E-state index < -0.39 is 5.60 Å². The van der Waals surface area contributed by atoms with Crippen molar-refractivity contribution in [3.8, 4) is 11.6 Å². The van der Waals surface area contributed by atoms with Crippen LogP contribution in [-0.4, -0.2) is 42.9 Å². The van der Waals surface area contributed by atoms with Gasteiger partial charge in [0.05, 0.1) is 48.0 Å². The van der Waals surface area contributed by atoms with Crippen LogP contribution in [0.5, 0.6) is 11.6 Å². The molecule has 1 aliphatic carbocycles. The van der Waals surface area contributed by atoms with Gasteiger partial charge in [-0.3, -0.25) is 0 Å². The molecule has 190 valence electrons. The number of hydrogen-bond donors (Lipinski definition) is 1. The first-order valence-corrected chi connectivity index (χ1v) is 12.6. The lowest BCUT2D eigenvalue weighted by Crippen LogP contribution is -2.33. The average Bonchev–Trinajstić information content (AvgIpc) is 3.60. The maximum atomic E-state index is 12.4. The predicted octanol–water partition coefficient (Wildman–Crippen LogP) is 4.83. The smallest absolute Gasteiger partial charge is 0.258 e. The number of rotatable bonds is 7. The van der Waals surface area contributed by atoms with Gasteiger partial charge in [0, 0.05) is 19.5 Å². The molecule has 0 amide bonds. The van der Waals surface area contributed by atoms with Gasteiger partial charge in [0.1, 0.15) is 11.6 Å². The summed E-state index contributed by atoms with van der Waals surface area (Å²) in [5.41, 5.74) is 0.986. The summed E-state index contributed by atoms with van der Waals surface area (Å²) >= 11 is 6.93. The lowest BCUT2D eigenvalue weighted by molar-refractivity contribution is 0.109. The third-order valence-electron chi connectivity index (χ3n) is 7.58. The molecule has 0 radical (unpaired) electrons. The third-order valence-corrected chi connectivity index (χ3v) is 7.96. The van der Waals surface area contributed by atoms with Crippen molar-refractivity contribution in [2.45, 2.75) is 45.1 Å². The fourth-order valence-electron chi connectivity index (χ4n) is 5.16. The lowest BCUT2D eigenvalue weighted by Gasteiger charge is -2.30. The van der Waals surface area contributed by atoms with Crippen LogP contribution in [0, 0.1) is 19.8 Å². The summed E-state index contributed by atoms with van der Waals surface area (Å²) in [5, 5.41) is 13.5. The van der Waals surface area contributed by atoms with Crippen LogP contribution >= 0.6 is 11.6 Å². The molecule has 0 saturated heterocycles. The molecule has 5 rings (SSSR count). The van der Waals surface area contributed by atoms with E-state index in [0.29, 0.717) is 57.0 Å². The zero-order chi connectivity index (χ0) is 25.6. The summed E-state index contributed by atoms with van der Waals surface area (Å²) in [5.74, 6) is 2.88. The van der Waals surface area contributed by atoms with Crippen LogP contribution in [0.4, 0.5) is 0 Å². The molecule has 1 aliphatic rings. The van der Waals surface area contributed by atoms with E-state index in [9.17, 15) is 5.11 Å². The molecule has 1 fully saturated rings. The highest BCUT2D eigenvalue weighted by atomic mass is 35.5. The number of imidazole rings is 2. The largest absolute Gasteiger partial charge is 0.486 e. The van der Waals surface area contributed by atoms with Gasteiger partial charge >= 0.3 is 0 Å². The van der Waals surface area contributed by atoms with Gasteiger partial charge in [0.2, 0.25) is 5.75 Å². The molecule has 0 aliphatic heterocycles. The van der Waals surface area contributed by atoms with Crippen LogP contribution in [0.3, 0.4) is 0 Å². The van der Waals surface area contributed by atoms with E-state index in [-0.39, 0.29) is 0 Å². The van der Waals surface area contributed by atoms with Crippen LogP contribution in [0.1, 0.15) is 54.3 Å². The van der Waals surface area contributed by atoms with Crippen molar-refractivity contribution in [3.05, 3.63) is 64.2 Å².